The van der Waals surface area contributed by atoms with E-state index < -0.39 is 0 Å². The molecule has 0 saturated heterocycles. The van der Waals surface area contributed by atoms with Gasteiger partial charge in [-0.2, -0.15) is 0 Å². The number of thiazole rings is 2. The van der Waals surface area contributed by atoms with Crippen molar-refractivity contribution in [1.29, 1.82) is 0 Å². The summed E-state index contributed by atoms with van der Waals surface area (Å²) in [6, 6.07) is 45.5. The molecule has 0 unspecified atom stereocenters. The fourth-order valence-corrected chi connectivity index (χ4v) is 8.42. The van der Waals surface area contributed by atoms with Gasteiger partial charge in [0.2, 0.25) is 0 Å². The second-order valence-corrected chi connectivity index (χ2v) is 14.2. The fraction of sp³-hybridized carbons (Fsp3) is 0. The number of aromatic nitrogens is 3. The van der Waals surface area contributed by atoms with Gasteiger partial charge >= 0.3 is 0 Å². The molecule has 0 aliphatic heterocycles. The lowest BCUT2D eigenvalue weighted by molar-refractivity contribution is 1.29. The summed E-state index contributed by atoms with van der Waals surface area (Å²) < 4.78 is 39.8. The Hall–Kier alpha value is -6.21. The number of benzene rings is 7. The Morgan fingerprint density at radius 2 is 1.06 bits per heavy atom. The van der Waals surface area contributed by atoms with Gasteiger partial charge in [-0.1, -0.05) is 66.7 Å². The lowest BCUT2D eigenvalue weighted by atomic mass is 9.98. The van der Waals surface area contributed by atoms with Gasteiger partial charge in [0.1, 0.15) is 10.0 Å². The maximum absolute atomic E-state index is 9.63. The van der Waals surface area contributed by atoms with Crippen LogP contribution in [0.15, 0.2) is 170 Å². The topological polar surface area (TPSA) is 41.9 Å². The zero-order valence-corrected chi connectivity index (χ0v) is 28.6. The number of fused-ring (bicyclic) bond motifs is 4. The summed E-state index contributed by atoms with van der Waals surface area (Å²) in [5.41, 5.74) is 7.81. The Morgan fingerprint density at radius 3 is 1.71 bits per heavy atom. The van der Waals surface area contributed by atoms with Gasteiger partial charge in [-0.15, -0.1) is 22.7 Å². The molecule has 0 bridgehead atoms. The third-order valence-corrected chi connectivity index (χ3v) is 11.1. The molecule has 10 aromatic rings. The Kier molecular flexibility index (Phi) is 6.19. The van der Waals surface area contributed by atoms with Gasteiger partial charge in [-0.25, -0.2) is 9.97 Å². The van der Waals surface area contributed by atoms with Crippen LogP contribution in [0, 0.1) is 0 Å². The van der Waals surface area contributed by atoms with E-state index in [2.05, 4.69) is 17.1 Å². The average Bonchev–Trinajstić information content (AvgIpc) is 3.86. The molecule has 0 fully saturated rings. The third-order valence-electron chi connectivity index (χ3n) is 8.97. The summed E-state index contributed by atoms with van der Waals surface area (Å²) in [5.74, 6) is 0. The Labute approximate surface area is 308 Å². The largest absolute Gasteiger partial charge is 0.310 e. The first-order valence-electron chi connectivity index (χ1n) is 18.5. The van der Waals surface area contributed by atoms with Gasteiger partial charge in [0.15, 0.2) is 0 Å². The molecule has 0 N–H and O–H groups in total. The van der Waals surface area contributed by atoms with Crippen molar-refractivity contribution < 1.29 is 5.48 Å². The van der Waals surface area contributed by atoms with E-state index in [-0.39, 0.29) is 34.9 Å². The summed E-state index contributed by atoms with van der Waals surface area (Å²) >= 11 is 3.28. The minimum absolute atomic E-state index is 0.0664. The molecule has 3 heterocycles. The average molecular weight is 693 g/mol. The molecule has 3 aromatic heterocycles. The molecule has 0 saturated carbocycles. The van der Waals surface area contributed by atoms with E-state index in [1.165, 1.54) is 0 Å². The van der Waals surface area contributed by atoms with Crippen LogP contribution in [-0.4, -0.2) is 15.0 Å². The molecule has 0 spiro atoms. The van der Waals surface area contributed by atoms with E-state index in [0.29, 0.717) is 11.3 Å². The first kappa shape index (κ1) is 25.7. The van der Waals surface area contributed by atoms with Crippen molar-refractivity contribution in [3.8, 4) is 32.3 Å². The minimum atomic E-state index is 0.0664. The van der Waals surface area contributed by atoms with Crippen LogP contribution in [-0.2, 0) is 0 Å². The summed E-state index contributed by atoms with van der Waals surface area (Å²) in [4.78, 5) is 16.2. The number of pyridine rings is 1. The maximum Gasteiger partial charge on any atom is 0.124 e. The van der Waals surface area contributed by atoms with Crippen molar-refractivity contribution in [2.24, 2.45) is 0 Å². The van der Waals surface area contributed by atoms with Gasteiger partial charge in [0.25, 0.3) is 0 Å². The first-order chi connectivity index (χ1) is 26.9. The second kappa shape index (κ2) is 12.3. The maximum atomic E-state index is 9.63. The van der Waals surface area contributed by atoms with Gasteiger partial charge in [-0.05, 0) is 113 Å². The molecular weight excluding hydrogens is 661 g/mol. The summed E-state index contributed by atoms with van der Waals surface area (Å²) in [6.07, 6.45) is 1.72. The SMILES string of the molecule is [2H]c1cc(N(c2ccc(-c3nc4ccccc4s3)cc2)c2ccc(-c3nc4ccccc4s3)cc2)c([2H])c2c([2H])cc(-c3cccc4cccnc34)c([2H])c12. The van der Waals surface area contributed by atoms with Gasteiger partial charge in [-0.3, -0.25) is 4.98 Å². The molecule has 10 rings (SSSR count). The van der Waals surface area contributed by atoms with E-state index >= 15 is 0 Å². The Balaban J connectivity index is 1.12. The van der Waals surface area contributed by atoms with Crippen LogP contribution in [0.1, 0.15) is 5.48 Å². The number of hydrogen-bond acceptors (Lipinski definition) is 6. The van der Waals surface area contributed by atoms with Crippen LogP contribution in [0.2, 0.25) is 0 Å². The number of hydrogen-bond donors (Lipinski definition) is 0. The molecule has 6 heteroatoms. The minimum Gasteiger partial charge on any atom is -0.310 e. The standard InChI is InChI=1S/C45H28N4S2/c1-3-12-41-39(10-1)47-44(50-41)30-16-21-35(22-17-30)49(36-23-18-31(19-24-36)45-48-40-11-2-4-13-42(40)51-45)37-25-20-32-27-34(15-14-33(32)28-37)38-9-5-7-29-8-6-26-46-43(29)38/h1-28H/i14D,20D,27D,28D. The lowest BCUT2D eigenvalue weighted by Gasteiger charge is -2.26. The predicted molar refractivity (Wildman–Crippen MR) is 217 cm³/mol. The summed E-state index contributed by atoms with van der Waals surface area (Å²) in [7, 11) is 0. The summed E-state index contributed by atoms with van der Waals surface area (Å²) in [6.45, 7) is 0. The molecule has 0 aliphatic rings. The fourth-order valence-electron chi connectivity index (χ4n) is 6.47. The molecule has 0 amide bonds. The van der Waals surface area contributed by atoms with Crippen molar-refractivity contribution in [3.63, 3.8) is 0 Å². The molecule has 240 valence electrons. The molecule has 51 heavy (non-hydrogen) atoms. The van der Waals surface area contributed by atoms with Crippen molar-refractivity contribution in [2.45, 2.75) is 0 Å². The third kappa shape index (κ3) is 5.42. The Morgan fingerprint density at radius 1 is 0.471 bits per heavy atom. The van der Waals surface area contributed by atoms with E-state index in [1.807, 2.05) is 120 Å². The first-order valence-corrected chi connectivity index (χ1v) is 18.1. The highest BCUT2D eigenvalue weighted by atomic mass is 32.1. The zero-order valence-electron chi connectivity index (χ0n) is 31.0. The van der Waals surface area contributed by atoms with Gasteiger partial charge in [0, 0.05) is 45.3 Å². The van der Waals surface area contributed by atoms with E-state index in [4.69, 9.17) is 9.97 Å². The second-order valence-electron chi connectivity index (χ2n) is 12.2. The molecule has 4 nitrogen and oxygen atoms in total. The van der Waals surface area contributed by atoms with Crippen molar-refractivity contribution >= 4 is 81.8 Å². The van der Waals surface area contributed by atoms with E-state index in [1.54, 1.807) is 41.0 Å². The highest BCUT2D eigenvalue weighted by Crippen LogP contribution is 2.40. The monoisotopic (exact) mass is 692 g/mol. The molecule has 0 atom stereocenters. The van der Waals surface area contributed by atoms with Crippen LogP contribution in [0.25, 0.3) is 74.4 Å². The number of rotatable bonds is 6. The number of nitrogens with zero attached hydrogens (tertiary/aromatic N) is 4. The van der Waals surface area contributed by atoms with Crippen molar-refractivity contribution in [1.82, 2.24) is 15.0 Å². The van der Waals surface area contributed by atoms with Gasteiger partial charge in [0.05, 0.1) is 31.4 Å². The van der Waals surface area contributed by atoms with E-state index in [9.17, 15) is 5.48 Å². The van der Waals surface area contributed by atoms with Gasteiger partial charge < -0.3 is 4.90 Å². The van der Waals surface area contributed by atoms with Crippen LogP contribution < -0.4 is 4.90 Å². The number of para-hydroxylation sites is 3. The summed E-state index contributed by atoms with van der Waals surface area (Å²) in [5, 5.41) is 3.28. The van der Waals surface area contributed by atoms with Crippen LogP contribution >= 0.6 is 22.7 Å². The highest BCUT2D eigenvalue weighted by Gasteiger charge is 2.16. The normalized spacial score (nSPS) is 12.6. The molecule has 0 aliphatic carbocycles. The molecule has 7 aromatic carbocycles. The molecular formula is C45H28N4S2. The van der Waals surface area contributed by atoms with Crippen LogP contribution in [0.3, 0.4) is 0 Å². The smallest absolute Gasteiger partial charge is 0.124 e. The van der Waals surface area contributed by atoms with Crippen LogP contribution in [0.5, 0.6) is 0 Å². The molecule has 0 radical (unpaired) electrons. The lowest BCUT2D eigenvalue weighted by Crippen LogP contribution is -2.09. The van der Waals surface area contributed by atoms with Crippen LogP contribution in [0.4, 0.5) is 17.1 Å². The Bertz CT molecular complexity index is 2920. The van der Waals surface area contributed by atoms with E-state index in [0.717, 1.165) is 69.4 Å². The zero-order chi connectivity index (χ0) is 37.2. The van der Waals surface area contributed by atoms with Crippen molar-refractivity contribution in [3.05, 3.63) is 170 Å². The number of anilines is 3. The predicted octanol–water partition coefficient (Wildman–Crippen LogP) is 13.1. The quantitative estimate of drug-likeness (QED) is 0.174. The van der Waals surface area contributed by atoms with Crippen molar-refractivity contribution in [2.75, 3.05) is 4.90 Å². The highest BCUT2D eigenvalue weighted by molar-refractivity contribution is 7.22.